The highest BCUT2D eigenvalue weighted by Crippen LogP contribution is 2.43. The maximum Gasteiger partial charge on any atom is 0.189 e. The van der Waals surface area contributed by atoms with Crippen LogP contribution in [-0.2, 0) is 4.74 Å². The molecule has 0 unspecified atom stereocenters. The molecule has 3 rings (SSSR count). The standard InChI is InChI=1S/C26H30O3S/c1-5-16-30-29-22-17-23(20-12-8-6-9-13-20)25(27-19-28-26(2,3)4)24(18-22)21-14-10-7-11-15-21/h6-15,17-18H,5,16,19H2,1-4H3. The molecule has 3 nitrogen and oxygen atoms in total. The van der Waals surface area contributed by atoms with Gasteiger partial charge >= 0.3 is 0 Å². The van der Waals surface area contributed by atoms with Gasteiger partial charge in [0.2, 0.25) is 0 Å². The first kappa shape index (κ1) is 22.3. The molecule has 0 saturated carbocycles. The first-order chi connectivity index (χ1) is 14.5. The summed E-state index contributed by atoms with van der Waals surface area (Å²) in [5.74, 6) is 2.55. The molecule has 0 N–H and O–H groups in total. The molecule has 0 aromatic heterocycles. The van der Waals surface area contributed by atoms with Crippen LogP contribution in [0, 0.1) is 0 Å². The van der Waals surface area contributed by atoms with E-state index in [0.29, 0.717) is 0 Å². The third-order valence-electron chi connectivity index (χ3n) is 4.37. The van der Waals surface area contributed by atoms with Gasteiger partial charge in [0, 0.05) is 16.9 Å². The maximum atomic E-state index is 6.25. The van der Waals surface area contributed by atoms with E-state index < -0.39 is 0 Å². The van der Waals surface area contributed by atoms with Crippen molar-refractivity contribution in [3.8, 4) is 33.8 Å². The van der Waals surface area contributed by atoms with Gasteiger partial charge in [-0.05, 0) is 50.5 Å². The Morgan fingerprint density at radius 1 is 0.800 bits per heavy atom. The molecule has 158 valence electrons. The molecular weight excluding hydrogens is 392 g/mol. The lowest BCUT2D eigenvalue weighted by Gasteiger charge is -2.22. The van der Waals surface area contributed by atoms with Crippen LogP contribution < -0.4 is 8.92 Å². The number of hydrogen-bond acceptors (Lipinski definition) is 4. The molecule has 4 heteroatoms. The Labute approximate surface area is 184 Å². The lowest BCUT2D eigenvalue weighted by Crippen LogP contribution is -2.22. The van der Waals surface area contributed by atoms with E-state index in [1.807, 2.05) is 57.2 Å². The molecule has 0 bridgehead atoms. The molecule has 0 amide bonds. The van der Waals surface area contributed by atoms with Crippen molar-refractivity contribution in [1.29, 1.82) is 0 Å². The Kier molecular flexibility index (Phi) is 7.83. The van der Waals surface area contributed by atoms with E-state index in [0.717, 1.165) is 45.9 Å². The van der Waals surface area contributed by atoms with Gasteiger partial charge in [0.15, 0.2) is 6.79 Å². The average molecular weight is 423 g/mol. The predicted octanol–water partition coefficient (Wildman–Crippen LogP) is 7.61. The summed E-state index contributed by atoms with van der Waals surface area (Å²) >= 11 is 1.48. The highest BCUT2D eigenvalue weighted by molar-refractivity contribution is 7.95. The zero-order valence-corrected chi connectivity index (χ0v) is 19.0. The molecule has 0 aliphatic carbocycles. The van der Waals surface area contributed by atoms with Gasteiger partial charge in [0.25, 0.3) is 0 Å². The summed E-state index contributed by atoms with van der Waals surface area (Å²) in [6, 6.07) is 24.6. The van der Waals surface area contributed by atoms with Crippen LogP contribution in [0.3, 0.4) is 0 Å². The quantitative estimate of drug-likeness (QED) is 0.201. The normalized spacial score (nSPS) is 11.3. The zero-order valence-electron chi connectivity index (χ0n) is 18.2. The van der Waals surface area contributed by atoms with Crippen LogP contribution in [0.25, 0.3) is 22.3 Å². The van der Waals surface area contributed by atoms with Gasteiger partial charge in [-0.15, -0.1) is 0 Å². The summed E-state index contributed by atoms with van der Waals surface area (Å²) in [6.45, 7) is 8.39. The minimum atomic E-state index is -0.278. The van der Waals surface area contributed by atoms with E-state index in [4.69, 9.17) is 13.7 Å². The van der Waals surface area contributed by atoms with Gasteiger partial charge in [0.05, 0.1) is 17.6 Å². The lowest BCUT2D eigenvalue weighted by molar-refractivity contribution is -0.0754. The van der Waals surface area contributed by atoms with Gasteiger partial charge in [-0.2, -0.15) is 0 Å². The predicted molar refractivity (Wildman–Crippen MR) is 127 cm³/mol. The molecular formula is C26H30O3S. The molecule has 0 heterocycles. The highest BCUT2D eigenvalue weighted by Gasteiger charge is 2.18. The van der Waals surface area contributed by atoms with Gasteiger partial charge in [-0.3, -0.25) is 0 Å². The van der Waals surface area contributed by atoms with Gasteiger partial charge in [0.1, 0.15) is 11.5 Å². The molecule has 30 heavy (non-hydrogen) atoms. The molecule has 0 atom stereocenters. The summed E-state index contributed by atoms with van der Waals surface area (Å²) in [5.41, 5.74) is 3.85. The topological polar surface area (TPSA) is 27.7 Å². The van der Waals surface area contributed by atoms with Crippen LogP contribution in [0.4, 0.5) is 0 Å². The monoisotopic (exact) mass is 422 g/mol. The fourth-order valence-electron chi connectivity index (χ4n) is 2.93. The first-order valence-corrected chi connectivity index (χ1v) is 11.2. The van der Waals surface area contributed by atoms with E-state index in [-0.39, 0.29) is 12.4 Å². The van der Waals surface area contributed by atoms with E-state index in [1.165, 1.54) is 12.0 Å². The van der Waals surface area contributed by atoms with Crippen molar-refractivity contribution in [3.05, 3.63) is 72.8 Å². The van der Waals surface area contributed by atoms with E-state index in [1.54, 1.807) is 0 Å². The van der Waals surface area contributed by atoms with Crippen molar-refractivity contribution >= 4 is 12.0 Å². The minimum Gasteiger partial charge on any atom is -0.466 e. The van der Waals surface area contributed by atoms with Gasteiger partial charge in [-0.25, -0.2) is 0 Å². The zero-order chi connectivity index (χ0) is 21.4. The lowest BCUT2D eigenvalue weighted by atomic mass is 9.96. The SMILES string of the molecule is CCCSOc1cc(-c2ccccc2)c(OCOC(C)(C)C)c(-c2ccccc2)c1. The number of hydrogen-bond donors (Lipinski definition) is 0. The van der Waals surface area contributed by atoms with E-state index in [2.05, 4.69) is 43.3 Å². The Morgan fingerprint density at radius 2 is 1.33 bits per heavy atom. The second-order valence-corrected chi connectivity index (χ2v) is 8.81. The van der Waals surface area contributed by atoms with Crippen molar-refractivity contribution in [1.82, 2.24) is 0 Å². The fraction of sp³-hybridized carbons (Fsp3) is 0.308. The molecule has 0 saturated heterocycles. The van der Waals surface area contributed by atoms with Crippen molar-refractivity contribution in [2.45, 2.75) is 39.7 Å². The second-order valence-electron chi connectivity index (χ2n) is 8.00. The van der Waals surface area contributed by atoms with Crippen LogP contribution in [0.5, 0.6) is 11.5 Å². The molecule has 0 aliphatic rings. The fourth-order valence-corrected chi connectivity index (χ4v) is 3.41. The van der Waals surface area contributed by atoms with Crippen LogP contribution in [0.2, 0.25) is 0 Å². The molecule has 0 fully saturated rings. The summed E-state index contributed by atoms with van der Waals surface area (Å²) in [5, 5.41) is 0. The summed E-state index contributed by atoms with van der Waals surface area (Å²) in [7, 11) is 0. The van der Waals surface area contributed by atoms with Gasteiger partial charge < -0.3 is 13.7 Å². The Morgan fingerprint density at radius 3 is 1.80 bits per heavy atom. The van der Waals surface area contributed by atoms with Crippen LogP contribution >= 0.6 is 12.0 Å². The van der Waals surface area contributed by atoms with E-state index in [9.17, 15) is 0 Å². The third-order valence-corrected chi connectivity index (χ3v) is 5.26. The Balaban J connectivity index is 2.09. The van der Waals surface area contributed by atoms with Gasteiger partial charge in [-0.1, -0.05) is 67.6 Å². The minimum absolute atomic E-state index is 0.175. The van der Waals surface area contributed by atoms with Crippen molar-refractivity contribution in [2.24, 2.45) is 0 Å². The summed E-state index contributed by atoms with van der Waals surface area (Å²) in [4.78, 5) is 0. The maximum absolute atomic E-state index is 6.25. The molecule has 3 aromatic carbocycles. The van der Waals surface area contributed by atoms with Crippen LogP contribution in [-0.4, -0.2) is 18.1 Å². The van der Waals surface area contributed by atoms with Crippen LogP contribution in [0.1, 0.15) is 34.1 Å². The molecule has 0 radical (unpaired) electrons. The number of ether oxygens (including phenoxy) is 2. The van der Waals surface area contributed by atoms with E-state index >= 15 is 0 Å². The Hall–Kier alpha value is -2.43. The number of benzene rings is 3. The average Bonchev–Trinajstić information content (AvgIpc) is 2.75. The largest absolute Gasteiger partial charge is 0.466 e. The third kappa shape index (κ3) is 6.28. The van der Waals surface area contributed by atoms with Crippen molar-refractivity contribution in [2.75, 3.05) is 12.5 Å². The second kappa shape index (κ2) is 10.6. The molecule has 3 aromatic rings. The summed E-state index contributed by atoms with van der Waals surface area (Å²) < 4.78 is 18.1. The smallest absolute Gasteiger partial charge is 0.189 e. The molecule has 0 aliphatic heterocycles. The highest BCUT2D eigenvalue weighted by atomic mass is 32.2. The van der Waals surface area contributed by atoms with Crippen molar-refractivity contribution < 1.29 is 13.7 Å². The van der Waals surface area contributed by atoms with Crippen molar-refractivity contribution in [3.63, 3.8) is 0 Å². The summed E-state index contributed by atoms with van der Waals surface area (Å²) in [6.07, 6.45) is 1.06. The molecule has 0 spiro atoms. The first-order valence-electron chi connectivity index (χ1n) is 10.3. The Bertz CT molecular complexity index is 858. The van der Waals surface area contributed by atoms with Crippen LogP contribution in [0.15, 0.2) is 72.8 Å². The number of rotatable bonds is 9.